The molecule has 0 spiro atoms. The quantitative estimate of drug-likeness (QED) is 0.668. The molecule has 1 radical (unpaired) electrons. The van der Waals surface area contributed by atoms with Crippen LogP contribution in [-0.2, 0) is 10.1 Å². The highest BCUT2D eigenvalue weighted by Crippen LogP contribution is 2.25. The van der Waals surface area contributed by atoms with Crippen molar-refractivity contribution in [2.45, 2.75) is 37.9 Å². The van der Waals surface area contributed by atoms with Crippen molar-refractivity contribution in [2.24, 2.45) is 0 Å². The Morgan fingerprint density at radius 2 is 2.00 bits per heavy atom. The van der Waals surface area contributed by atoms with Crippen molar-refractivity contribution < 1.29 is 13.0 Å². The summed E-state index contributed by atoms with van der Waals surface area (Å²) in [4.78, 5) is 0. The first-order valence-corrected chi connectivity index (χ1v) is 5.07. The van der Waals surface area contributed by atoms with Crippen LogP contribution in [0.15, 0.2) is 0 Å². The molecule has 0 saturated carbocycles. The molecule has 11 heavy (non-hydrogen) atoms. The molecule has 1 unspecified atom stereocenters. The van der Waals surface area contributed by atoms with Crippen molar-refractivity contribution >= 4 is 10.1 Å². The molecule has 4 heteroatoms. The van der Waals surface area contributed by atoms with Gasteiger partial charge in [0, 0.05) is 0 Å². The number of rotatable bonds is 4. The molecule has 0 aromatic rings. The molecular formula is C7H15O3S. The van der Waals surface area contributed by atoms with Crippen LogP contribution in [0, 0.1) is 6.92 Å². The molecule has 0 rings (SSSR count). The van der Waals surface area contributed by atoms with Crippen LogP contribution >= 0.6 is 0 Å². The van der Waals surface area contributed by atoms with Gasteiger partial charge >= 0.3 is 0 Å². The van der Waals surface area contributed by atoms with Crippen molar-refractivity contribution in [3.8, 4) is 0 Å². The minimum atomic E-state index is -3.92. The van der Waals surface area contributed by atoms with Crippen LogP contribution < -0.4 is 0 Å². The molecule has 67 valence electrons. The van der Waals surface area contributed by atoms with E-state index < -0.39 is 14.9 Å². The molecule has 0 bridgehead atoms. The van der Waals surface area contributed by atoms with Crippen LogP contribution in [0.4, 0.5) is 0 Å². The van der Waals surface area contributed by atoms with Gasteiger partial charge in [-0.1, -0.05) is 20.3 Å². The molecule has 0 aliphatic carbocycles. The van der Waals surface area contributed by atoms with Gasteiger partial charge in [0.15, 0.2) is 0 Å². The summed E-state index contributed by atoms with van der Waals surface area (Å²) in [7, 11) is -3.92. The number of hydrogen-bond acceptors (Lipinski definition) is 2. The van der Waals surface area contributed by atoms with Crippen LogP contribution in [0.2, 0.25) is 0 Å². The Labute approximate surface area is 68.6 Å². The maximum absolute atomic E-state index is 10.8. The summed E-state index contributed by atoms with van der Waals surface area (Å²) < 4.78 is 29.4. The lowest BCUT2D eigenvalue weighted by Crippen LogP contribution is -2.33. The minimum Gasteiger partial charge on any atom is -0.285 e. The van der Waals surface area contributed by atoms with E-state index in [0.717, 1.165) is 0 Å². The zero-order valence-corrected chi connectivity index (χ0v) is 7.82. The highest BCUT2D eigenvalue weighted by atomic mass is 32.2. The van der Waals surface area contributed by atoms with E-state index in [0.29, 0.717) is 19.3 Å². The summed E-state index contributed by atoms with van der Waals surface area (Å²) in [5.74, 6) is 0. The summed E-state index contributed by atoms with van der Waals surface area (Å²) in [5.41, 5.74) is 0. The van der Waals surface area contributed by atoms with E-state index in [1.807, 2.05) is 0 Å². The van der Waals surface area contributed by atoms with E-state index in [4.69, 9.17) is 4.55 Å². The second-order valence-electron chi connectivity index (χ2n) is 2.88. The van der Waals surface area contributed by atoms with Gasteiger partial charge < -0.3 is 0 Å². The Kier molecular flexibility index (Phi) is 3.51. The first-order valence-electron chi connectivity index (χ1n) is 3.63. The van der Waals surface area contributed by atoms with E-state index in [-0.39, 0.29) is 0 Å². The van der Waals surface area contributed by atoms with Crippen LogP contribution in [-0.4, -0.2) is 17.7 Å². The Hall–Kier alpha value is -0.0900. The predicted molar refractivity (Wildman–Crippen MR) is 44.8 cm³/mol. The Balaban J connectivity index is 4.61. The van der Waals surface area contributed by atoms with Gasteiger partial charge in [-0.15, -0.1) is 0 Å². The van der Waals surface area contributed by atoms with Crippen molar-refractivity contribution in [2.75, 3.05) is 0 Å². The van der Waals surface area contributed by atoms with E-state index in [1.165, 1.54) is 6.92 Å². The van der Waals surface area contributed by atoms with Gasteiger partial charge in [-0.05, 0) is 19.8 Å². The Morgan fingerprint density at radius 1 is 1.55 bits per heavy atom. The van der Waals surface area contributed by atoms with Gasteiger partial charge in [0.25, 0.3) is 10.1 Å². The first-order chi connectivity index (χ1) is 4.87. The fraction of sp³-hybridized carbons (Fsp3) is 0.857. The van der Waals surface area contributed by atoms with E-state index in [2.05, 4.69) is 6.92 Å². The van der Waals surface area contributed by atoms with Crippen LogP contribution in [0.3, 0.4) is 0 Å². The summed E-state index contributed by atoms with van der Waals surface area (Å²) >= 11 is 0. The molecule has 0 amide bonds. The predicted octanol–water partition coefficient (Wildman–Crippen LogP) is 1.66. The summed E-state index contributed by atoms with van der Waals surface area (Å²) in [5, 5.41) is 0. The maximum atomic E-state index is 10.8. The third-order valence-corrected chi connectivity index (χ3v) is 3.81. The molecule has 0 aliphatic rings. The van der Waals surface area contributed by atoms with Crippen molar-refractivity contribution in [1.82, 2.24) is 0 Å². The molecule has 3 nitrogen and oxygen atoms in total. The van der Waals surface area contributed by atoms with E-state index in [9.17, 15) is 8.42 Å². The van der Waals surface area contributed by atoms with Crippen LogP contribution in [0.25, 0.3) is 0 Å². The summed E-state index contributed by atoms with van der Waals surface area (Å²) in [6, 6.07) is 0. The molecule has 0 aromatic carbocycles. The molecule has 1 atom stereocenters. The lowest BCUT2D eigenvalue weighted by Gasteiger charge is -2.23. The van der Waals surface area contributed by atoms with Gasteiger partial charge in [-0.3, -0.25) is 4.55 Å². The average molecular weight is 179 g/mol. The van der Waals surface area contributed by atoms with Gasteiger partial charge in [-0.25, -0.2) is 0 Å². The second kappa shape index (κ2) is 3.54. The molecule has 0 aromatic heterocycles. The third kappa shape index (κ3) is 2.45. The van der Waals surface area contributed by atoms with Crippen molar-refractivity contribution in [3.05, 3.63) is 6.92 Å². The van der Waals surface area contributed by atoms with Gasteiger partial charge in [-0.2, -0.15) is 8.42 Å². The second-order valence-corrected chi connectivity index (χ2v) is 4.82. The molecule has 0 saturated heterocycles. The van der Waals surface area contributed by atoms with Gasteiger partial charge in [0.2, 0.25) is 0 Å². The summed E-state index contributed by atoms with van der Waals surface area (Å²) in [6.07, 6.45) is 1.34. The third-order valence-electron chi connectivity index (χ3n) is 2.08. The smallest absolute Gasteiger partial charge is 0.270 e. The van der Waals surface area contributed by atoms with Crippen molar-refractivity contribution in [1.29, 1.82) is 0 Å². The average Bonchev–Trinajstić information content (AvgIpc) is 1.86. The largest absolute Gasteiger partial charge is 0.285 e. The first kappa shape index (κ1) is 10.9. The lowest BCUT2D eigenvalue weighted by molar-refractivity contribution is 0.414. The molecule has 1 N–H and O–H groups in total. The fourth-order valence-electron chi connectivity index (χ4n) is 0.862. The Morgan fingerprint density at radius 3 is 2.09 bits per heavy atom. The van der Waals surface area contributed by atoms with E-state index >= 15 is 0 Å². The SMILES string of the molecule is [CH2]CCC(C)(CC)S(=O)(=O)O. The van der Waals surface area contributed by atoms with Crippen LogP contribution in [0.5, 0.6) is 0 Å². The van der Waals surface area contributed by atoms with Crippen LogP contribution in [0.1, 0.15) is 33.1 Å². The zero-order chi connectivity index (χ0) is 9.12. The number of hydrogen-bond donors (Lipinski definition) is 1. The standard InChI is InChI=1S/C7H15O3S/c1-4-6-7(3,5-2)11(8,9)10/h1,4-6H2,2-3H3,(H,8,9,10). The molecule has 0 fully saturated rings. The highest BCUT2D eigenvalue weighted by molar-refractivity contribution is 7.87. The van der Waals surface area contributed by atoms with E-state index in [1.54, 1.807) is 6.92 Å². The van der Waals surface area contributed by atoms with Gasteiger partial charge in [0.1, 0.15) is 0 Å². The monoisotopic (exact) mass is 179 g/mol. The fourth-order valence-corrected chi connectivity index (χ4v) is 1.63. The molecular weight excluding hydrogens is 164 g/mol. The Bertz CT molecular complexity index is 208. The minimum absolute atomic E-state index is 0.405. The van der Waals surface area contributed by atoms with Gasteiger partial charge in [0.05, 0.1) is 4.75 Å². The topological polar surface area (TPSA) is 54.4 Å². The van der Waals surface area contributed by atoms with Crippen molar-refractivity contribution in [3.63, 3.8) is 0 Å². The molecule has 0 aliphatic heterocycles. The normalized spacial score (nSPS) is 17.8. The maximum Gasteiger partial charge on any atom is 0.270 e. The lowest BCUT2D eigenvalue weighted by atomic mass is 10.0. The molecule has 0 heterocycles. The highest BCUT2D eigenvalue weighted by Gasteiger charge is 2.34. The zero-order valence-electron chi connectivity index (χ0n) is 7.00. The summed E-state index contributed by atoms with van der Waals surface area (Å²) in [6.45, 7) is 6.83.